The molecule has 1 amide bonds. The number of anilines is 2. The molecule has 2 aromatic heterocycles. The van der Waals surface area contributed by atoms with E-state index in [-0.39, 0.29) is 5.82 Å². The number of pyridine rings is 1. The highest BCUT2D eigenvalue weighted by molar-refractivity contribution is 7.92. The van der Waals surface area contributed by atoms with E-state index in [2.05, 4.69) is 25.0 Å². The molecule has 0 bridgehead atoms. The van der Waals surface area contributed by atoms with Crippen LogP contribution in [0, 0.1) is 0 Å². The minimum Gasteiger partial charge on any atom is -0.497 e. The van der Waals surface area contributed by atoms with Crippen molar-refractivity contribution in [3.63, 3.8) is 0 Å². The standard InChI is InChI=1S/C22H19N5O4S/c1-31-17-7-4-14(5-8-17)18-13-23-10-9-19(18)26-22(28)21-24-12-15-3-6-16(11-20(15)25-21)27-32(2,29)30/h3-13,27H,1-2H3,(H,23,26,28). The second-order valence-corrected chi connectivity index (χ2v) is 8.69. The van der Waals surface area contributed by atoms with Crippen LogP contribution in [0.2, 0.25) is 0 Å². The molecule has 32 heavy (non-hydrogen) atoms. The Morgan fingerprint density at radius 2 is 1.81 bits per heavy atom. The van der Waals surface area contributed by atoms with E-state index in [1.54, 1.807) is 43.8 Å². The zero-order chi connectivity index (χ0) is 22.7. The van der Waals surface area contributed by atoms with E-state index in [1.165, 1.54) is 6.20 Å². The van der Waals surface area contributed by atoms with Gasteiger partial charge >= 0.3 is 0 Å². The molecule has 0 aliphatic rings. The maximum Gasteiger partial charge on any atom is 0.293 e. The maximum atomic E-state index is 12.9. The lowest BCUT2D eigenvalue weighted by Crippen LogP contribution is -2.16. The topological polar surface area (TPSA) is 123 Å². The van der Waals surface area contributed by atoms with Gasteiger partial charge in [-0.2, -0.15) is 0 Å². The zero-order valence-electron chi connectivity index (χ0n) is 17.2. The summed E-state index contributed by atoms with van der Waals surface area (Å²) in [6.07, 6.45) is 5.80. The Bertz CT molecular complexity index is 1410. The second kappa shape index (κ2) is 8.60. The van der Waals surface area contributed by atoms with Crippen molar-refractivity contribution >= 4 is 38.2 Å². The summed E-state index contributed by atoms with van der Waals surface area (Å²) in [6.45, 7) is 0. The van der Waals surface area contributed by atoms with Crippen LogP contribution in [0.5, 0.6) is 5.75 Å². The summed E-state index contributed by atoms with van der Waals surface area (Å²) in [5, 5.41) is 3.49. The number of hydrogen-bond acceptors (Lipinski definition) is 7. The molecule has 162 valence electrons. The van der Waals surface area contributed by atoms with Crippen molar-refractivity contribution in [3.05, 3.63) is 72.9 Å². The summed E-state index contributed by atoms with van der Waals surface area (Å²) in [5.74, 6) is 0.165. The summed E-state index contributed by atoms with van der Waals surface area (Å²) >= 11 is 0. The maximum absolute atomic E-state index is 12.9. The van der Waals surface area contributed by atoms with E-state index in [0.717, 1.165) is 23.1 Å². The normalized spacial score (nSPS) is 11.2. The van der Waals surface area contributed by atoms with Crippen molar-refractivity contribution in [1.82, 2.24) is 15.0 Å². The number of nitrogens with zero attached hydrogens (tertiary/aromatic N) is 3. The summed E-state index contributed by atoms with van der Waals surface area (Å²) < 4.78 is 30.5. The first-order chi connectivity index (χ1) is 15.3. The van der Waals surface area contributed by atoms with Crippen LogP contribution >= 0.6 is 0 Å². The fourth-order valence-corrected chi connectivity index (χ4v) is 3.65. The van der Waals surface area contributed by atoms with Crippen molar-refractivity contribution in [2.24, 2.45) is 0 Å². The number of amides is 1. The second-order valence-electron chi connectivity index (χ2n) is 6.95. The predicted octanol–water partition coefficient (Wildman–Crippen LogP) is 3.32. The third kappa shape index (κ3) is 4.81. The van der Waals surface area contributed by atoms with E-state index in [9.17, 15) is 13.2 Å². The monoisotopic (exact) mass is 449 g/mol. The van der Waals surface area contributed by atoms with Gasteiger partial charge in [0.05, 0.1) is 30.3 Å². The lowest BCUT2D eigenvalue weighted by Gasteiger charge is -2.11. The number of nitrogens with one attached hydrogen (secondary N) is 2. The van der Waals surface area contributed by atoms with Crippen LogP contribution < -0.4 is 14.8 Å². The lowest BCUT2D eigenvalue weighted by atomic mass is 10.1. The van der Waals surface area contributed by atoms with Gasteiger partial charge < -0.3 is 10.1 Å². The molecule has 0 aliphatic heterocycles. The highest BCUT2D eigenvalue weighted by Gasteiger charge is 2.14. The number of carbonyl (C=O) groups is 1. The molecule has 0 saturated heterocycles. The number of sulfonamides is 1. The molecule has 10 heteroatoms. The van der Waals surface area contributed by atoms with E-state index in [4.69, 9.17) is 4.74 Å². The number of rotatable bonds is 6. The number of aromatic nitrogens is 3. The van der Waals surface area contributed by atoms with Crippen molar-refractivity contribution in [3.8, 4) is 16.9 Å². The van der Waals surface area contributed by atoms with Gasteiger partial charge in [0.15, 0.2) is 0 Å². The van der Waals surface area contributed by atoms with E-state index in [1.807, 2.05) is 24.3 Å². The van der Waals surface area contributed by atoms with Crippen LogP contribution in [-0.2, 0) is 10.0 Å². The van der Waals surface area contributed by atoms with Crippen molar-refractivity contribution in [1.29, 1.82) is 0 Å². The Hall–Kier alpha value is -4.05. The van der Waals surface area contributed by atoms with Crippen molar-refractivity contribution in [2.45, 2.75) is 0 Å². The molecule has 9 nitrogen and oxygen atoms in total. The smallest absolute Gasteiger partial charge is 0.293 e. The number of carbonyl (C=O) groups excluding carboxylic acids is 1. The molecule has 0 fully saturated rings. The molecule has 0 saturated carbocycles. The molecule has 0 radical (unpaired) electrons. The van der Waals surface area contributed by atoms with Crippen LogP contribution in [0.15, 0.2) is 67.1 Å². The third-order valence-corrected chi connectivity index (χ3v) is 5.17. The number of methoxy groups -OCH3 is 1. The SMILES string of the molecule is COc1ccc(-c2cnccc2NC(=O)c2ncc3ccc(NS(C)(=O)=O)cc3n2)cc1. The van der Waals surface area contributed by atoms with Crippen LogP contribution in [0.4, 0.5) is 11.4 Å². The van der Waals surface area contributed by atoms with Gasteiger partial charge in [-0.3, -0.25) is 14.5 Å². The van der Waals surface area contributed by atoms with Gasteiger partial charge in [0, 0.05) is 29.5 Å². The summed E-state index contributed by atoms with van der Waals surface area (Å²) in [6, 6.07) is 13.9. The number of fused-ring (bicyclic) bond motifs is 1. The van der Waals surface area contributed by atoms with E-state index in [0.29, 0.717) is 22.3 Å². The molecule has 0 atom stereocenters. The minimum absolute atomic E-state index is 0.0495. The third-order valence-electron chi connectivity index (χ3n) is 4.56. The highest BCUT2D eigenvalue weighted by atomic mass is 32.2. The first-order valence-corrected chi connectivity index (χ1v) is 11.4. The van der Waals surface area contributed by atoms with Crippen LogP contribution in [0.3, 0.4) is 0 Å². The van der Waals surface area contributed by atoms with E-state index < -0.39 is 15.9 Å². The average Bonchev–Trinajstić information content (AvgIpc) is 2.78. The summed E-state index contributed by atoms with van der Waals surface area (Å²) in [4.78, 5) is 25.5. The van der Waals surface area contributed by atoms with Crippen molar-refractivity contribution in [2.75, 3.05) is 23.4 Å². The molecule has 2 heterocycles. The molecule has 4 aromatic rings. The van der Waals surface area contributed by atoms with Gasteiger partial charge in [-0.05, 0) is 42.0 Å². The zero-order valence-corrected chi connectivity index (χ0v) is 18.1. The van der Waals surface area contributed by atoms with Gasteiger partial charge in [0.1, 0.15) is 5.75 Å². The van der Waals surface area contributed by atoms with Gasteiger partial charge in [-0.25, -0.2) is 18.4 Å². The molecule has 2 N–H and O–H groups in total. The Morgan fingerprint density at radius 3 is 2.53 bits per heavy atom. The number of benzene rings is 2. The Labute approximate surface area is 184 Å². The fraction of sp³-hybridized carbons (Fsp3) is 0.0909. The van der Waals surface area contributed by atoms with Crippen molar-refractivity contribution < 1.29 is 17.9 Å². The first kappa shape index (κ1) is 21.2. The Morgan fingerprint density at radius 1 is 1.03 bits per heavy atom. The van der Waals surface area contributed by atoms with Gasteiger partial charge in [0.2, 0.25) is 15.8 Å². The molecule has 2 aromatic carbocycles. The highest BCUT2D eigenvalue weighted by Crippen LogP contribution is 2.28. The van der Waals surface area contributed by atoms with Gasteiger partial charge in [-0.15, -0.1) is 0 Å². The minimum atomic E-state index is -3.44. The van der Waals surface area contributed by atoms with E-state index >= 15 is 0 Å². The molecule has 0 unspecified atom stereocenters. The van der Waals surface area contributed by atoms with Crippen LogP contribution in [-0.4, -0.2) is 42.6 Å². The fourth-order valence-electron chi connectivity index (χ4n) is 3.09. The van der Waals surface area contributed by atoms with Crippen LogP contribution in [0.25, 0.3) is 22.0 Å². The largest absolute Gasteiger partial charge is 0.497 e. The van der Waals surface area contributed by atoms with Gasteiger partial charge in [0.25, 0.3) is 5.91 Å². The lowest BCUT2D eigenvalue weighted by molar-refractivity contribution is 0.101. The molecule has 0 aliphatic carbocycles. The van der Waals surface area contributed by atoms with Crippen LogP contribution in [0.1, 0.15) is 10.6 Å². The predicted molar refractivity (Wildman–Crippen MR) is 122 cm³/mol. The molecule has 4 rings (SSSR count). The van der Waals surface area contributed by atoms with Gasteiger partial charge in [-0.1, -0.05) is 12.1 Å². The average molecular weight is 449 g/mol. The molecular weight excluding hydrogens is 430 g/mol. The Kier molecular flexibility index (Phi) is 5.69. The number of hydrogen-bond donors (Lipinski definition) is 2. The number of ether oxygens (including phenoxy) is 1. The quantitative estimate of drug-likeness (QED) is 0.463. The first-order valence-electron chi connectivity index (χ1n) is 9.47. The molecule has 0 spiro atoms. The summed E-state index contributed by atoms with van der Waals surface area (Å²) in [5.41, 5.74) is 2.91. The summed E-state index contributed by atoms with van der Waals surface area (Å²) in [7, 11) is -1.84. The Balaban J connectivity index is 1.62. The molecular formula is C22H19N5O4S.